The molecule has 0 spiro atoms. The normalized spacial score (nSPS) is 8.88. The molecule has 0 saturated heterocycles. The van der Waals surface area contributed by atoms with Gasteiger partial charge in [0.05, 0.1) is 6.54 Å². The molecule has 0 fully saturated rings. The SMILES string of the molecule is [C-]#CN(Cc1ccccc1)c1ccccc1.[Li+]. The third-order valence-corrected chi connectivity index (χ3v) is 2.39. The zero-order chi connectivity index (χ0) is 11.2. The number of hydrogen-bond acceptors (Lipinski definition) is 1. The molecule has 78 valence electrons. The van der Waals surface area contributed by atoms with Gasteiger partial charge in [0.25, 0.3) is 0 Å². The molecule has 0 saturated carbocycles. The smallest absolute Gasteiger partial charge is 0.669 e. The van der Waals surface area contributed by atoms with E-state index in [4.69, 9.17) is 6.42 Å². The minimum atomic E-state index is 0. The van der Waals surface area contributed by atoms with Gasteiger partial charge in [-0.05, 0) is 17.7 Å². The molecule has 0 aliphatic heterocycles. The van der Waals surface area contributed by atoms with Gasteiger partial charge in [-0.15, -0.1) is 0 Å². The van der Waals surface area contributed by atoms with Gasteiger partial charge in [-0.1, -0.05) is 48.5 Å². The first kappa shape index (κ1) is 13.5. The number of hydrogen-bond donors (Lipinski definition) is 0. The van der Waals surface area contributed by atoms with E-state index < -0.39 is 0 Å². The summed E-state index contributed by atoms with van der Waals surface area (Å²) in [5.41, 5.74) is 2.16. The molecule has 0 aliphatic rings. The summed E-state index contributed by atoms with van der Waals surface area (Å²) in [6.45, 7) is 0.675. The summed E-state index contributed by atoms with van der Waals surface area (Å²) in [4.78, 5) is 1.79. The van der Waals surface area contributed by atoms with E-state index in [1.165, 1.54) is 5.56 Å². The van der Waals surface area contributed by atoms with Crippen LogP contribution in [0.3, 0.4) is 0 Å². The first-order valence-corrected chi connectivity index (χ1v) is 5.19. The van der Waals surface area contributed by atoms with E-state index >= 15 is 0 Å². The van der Waals surface area contributed by atoms with Crippen LogP contribution in [0, 0.1) is 12.5 Å². The summed E-state index contributed by atoms with van der Waals surface area (Å²) in [7, 11) is 0. The minimum absolute atomic E-state index is 0. The molecule has 0 N–H and O–H groups in total. The van der Waals surface area contributed by atoms with Crippen LogP contribution in [0.2, 0.25) is 0 Å². The Morgan fingerprint density at radius 2 is 1.41 bits per heavy atom. The van der Waals surface area contributed by atoms with Crippen LogP contribution >= 0.6 is 0 Å². The zero-order valence-electron chi connectivity index (χ0n) is 9.93. The number of para-hydroxylation sites is 1. The standard InChI is InChI=1S/C15H12N.Li/c1-2-16(15-11-7-4-8-12-15)13-14-9-5-3-6-10-14;/h3-12H,13H2;/q-1;+1. The molecular formula is C15H12LiN. The van der Waals surface area contributed by atoms with Crippen LogP contribution < -0.4 is 23.8 Å². The summed E-state index contributed by atoms with van der Waals surface area (Å²) < 4.78 is 0. The fraction of sp³-hybridized carbons (Fsp3) is 0.0667. The molecule has 2 aromatic rings. The van der Waals surface area contributed by atoms with E-state index in [-0.39, 0.29) is 18.9 Å². The Bertz CT molecular complexity index is 473. The van der Waals surface area contributed by atoms with Crippen molar-refractivity contribution in [1.82, 2.24) is 0 Å². The van der Waals surface area contributed by atoms with E-state index in [2.05, 4.69) is 6.04 Å². The van der Waals surface area contributed by atoms with E-state index in [1.807, 2.05) is 60.7 Å². The molecule has 0 radical (unpaired) electrons. The van der Waals surface area contributed by atoms with Gasteiger partial charge in [0.2, 0.25) is 0 Å². The summed E-state index contributed by atoms with van der Waals surface area (Å²) in [5.74, 6) is 0. The van der Waals surface area contributed by atoms with Crippen molar-refractivity contribution in [3.63, 3.8) is 0 Å². The third-order valence-electron chi connectivity index (χ3n) is 2.39. The molecule has 0 amide bonds. The molecule has 17 heavy (non-hydrogen) atoms. The fourth-order valence-corrected chi connectivity index (χ4v) is 1.57. The maximum absolute atomic E-state index is 7.32. The number of nitrogens with zero attached hydrogens (tertiary/aromatic N) is 1. The zero-order valence-corrected chi connectivity index (χ0v) is 9.93. The van der Waals surface area contributed by atoms with Crippen molar-refractivity contribution >= 4 is 5.69 Å². The van der Waals surface area contributed by atoms with Crippen LogP contribution in [-0.2, 0) is 6.54 Å². The Labute approximate surface area is 115 Å². The summed E-state index contributed by atoms with van der Waals surface area (Å²) in [5, 5.41) is 0. The van der Waals surface area contributed by atoms with E-state index in [0.29, 0.717) is 6.54 Å². The van der Waals surface area contributed by atoms with Crippen LogP contribution in [-0.4, -0.2) is 0 Å². The molecule has 0 atom stereocenters. The quantitative estimate of drug-likeness (QED) is 0.306. The topological polar surface area (TPSA) is 3.24 Å². The Balaban J connectivity index is 0.00000144. The van der Waals surface area contributed by atoms with Gasteiger partial charge in [-0.25, -0.2) is 6.04 Å². The number of anilines is 1. The molecule has 2 heteroatoms. The van der Waals surface area contributed by atoms with Gasteiger partial charge < -0.3 is 11.3 Å². The predicted octanol–water partition coefficient (Wildman–Crippen LogP) is 0.244. The second-order valence-corrected chi connectivity index (χ2v) is 3.52. The molecule has 1 nitrogen and oxygen atoms in total. The van der Waals surface area contributed by atoms with E-state index in [1.54, 1.807) is 4.90 Å². The van der Waals surface area contributed by atoms with Crippen LogP contribution in [0.15, 0.2) is 60.7 Å². The van der Waals surface area contributed by atoms with Gasteiger partial charge >= 0.3 is 18.9 Å². The van der Waals surface area contributed by atoms with Gasteiger partial charge in [-0.2, -0.15) is 0 Å². The maximum atomic E-state index is 7.32. The van der Waals surface area contributed by atoms with Crippen molar-refractivity contribution < 1.29 is 18.9 Å². The second kappa shape index (κ2) is 6.87. The Morgan fingerprint density at radius 3 is 1.94 bits per heavy atom. The molecule has 0 unspecified atom stereocenters. The first-order valence-electron chi connectivity index (χ1n) is 5.19. The summed E-state index contributed by atoms with van der Waals surface area (Å²) in [6.07, 6.45) is 7.32. The molecule has 0 aliphatic carbocycles. The van der Waals surface area contributed by atoms with Gasteiger partial charge in [0.15, 0.2) is 0 Å². The number of benzene rings is 2. The minimum Gasteiger partial charge on any atom is -0.669 e. The van der Waals surface area contributed by atoms with Crippen molar-refractivity contribution in [2.75, 3.05) is 4.90 Å². The summed E-state index contributed by atoms with van der Waals surface area (Å²) >= 11 is 0. The first-order chi connectivity index (χ1) is 7.90. The molecule has 0 aromatic heterocycles. The van der Waals surface area contributed by atoms with Crippen LogP contribution in [0.4, 0.5) is 5.69 Å². The van der Waals surface area contributed by atoms with Crippen molar-refractivity contribution in [3.05, 3.63) is 72.7 Å². The van der Waals surface area contributed by atoms with Crippen LogP contribution in [0.1, 0.15) is 5.56 Å². The van der Waals surface area contributed by atoms with E-state index in [0.717, 1.165) is 5.69 Å². The van der Waals surface area contributed by atoms with Crippen LogP contribution in [0.5, 0.6) is 0 Å². The Kier molecular flexibility index (Phi) is 5.44. The molecule has 2 rings (SSSR count). The summed E-state index contributed by atoms with van der Waals surface area (Å²) in [6, 6.07) is 22.4. The third kappa shape index (κ3) is 3.72. The van der Waals surface area contributed by atoms with Gasteiger partial charge in [0, 0.05) is 5.69 Å². The van der Waals surface area contributed by atoms with Gasteiger partial charge in [-0.3, -0.25) is 0 Å². The molecule has 0 heterocycles. The number of rotatable bonds is 3. The average Bonchev–Trinajstić information content (AvgIpc) is 2.38. The van der Waals surface area contributed by atoms with Crippen LogP contribution in [0.25, 0.3) is 0 Å². The van der Waals surface area contributed by atoms with Crippen molar-refractivity contribution in [3.8, 4) is 6.04 Å². The van der Waals surface area contributed by atoms with Crippen molar-refractivity contribution in [2.24, 2.45) is 0 Å². The average molecular weight is 213 g/mol. The maximum Gasteiger partial charge on any atom is 1.00 e. The molecular weight excluding hydrogens is 201 g/mol. The Hall–Kier alpha value is -1.60. The molecule has 0 bridgehead atoms. The largest absolute Gasteiger partial charge is 1.00 e. The molecule has 2 aromatic carbocycles. The monoisotopic (exact) mass is 213 g/mol. The second-order valence-electron chi connectivity index (χ2n) is 3.52. The van der Waals surface area contributed by atoms with Crippen molar-refractivity contribution in [2.45, 2.75) is 6.54 Å². The van der Waals surface area contributed by atoms with Gasteiger partial charge in [0.1, 0.15) is 0 Å². The fourth-order valence-electron chi connectivity index (χ4n) is 1.57. The van der Waals surface area contributed by atoms with E-state index in [9.17, 15) is 0 Å². The predicted molar refractivity (Wildman–Crippen MR) is 66.2 cm³/mol. The Morgan fingerprint density at radius 1 is 0.882 bits per heavy atom. The van der Waals surface area contributed by atoms with Crippen molar-refractivity contribution in [1.29, 1.82) is 0 Å².